The van der Waals surface area contributed by atoms with Crippen LogP contribution in [0.2, 0.25) is 0 Å². The highest BCUT2D eigenvalue weighted by molar-refractivity contribution is 7.91. The van der Waals surface area contributed by atoms with Crippen LogP contribution in [-0.2, 0) is 21.2 Å². The topological polar surface area (TPSA) is 89.3 Å². The minimum Gasteiger partial charge on any atom is -0.356 e. The number of rotatable bonds is 7. The molecule has 0 atom stereocenters. The molecule has 1 N–H and O–H groups in total. The zero-order valence-electron chi connectivity index (χ0n) is 17.0. The molecule has 0 unspecified atom stereocenters. The number of hydrogen-bond acceptors (Lipinski definition) is 5. The zero-order chi connectivity index (χ0) is 21.9. The molecule has 158 valence electrons. The summed E-state index contributed by atoms with van der Waals surface area (Å²) in [7, 11) is -3.68. The second kappa shape index (κ2) is 8.79. The number of nitrogens with one attached hydrogen (secondary N) is 1. The summed E-state index contributed by atoms with van der Waals surface area (Å²) in [5.41, 5.74) is 3.54. The molecule has 0 saturated heterocycles. The Morgan fingerprint density at radius 2 is 1.80 bits per heavy atom. The van der Waals surface area contributed by atoms with E-state index in [2.05, 4.69) is 10.5 Å². The molecule has 1 aromatic heterocycles. The van der Waals surface area contributed by atoms with Crippen molar-refractivity contribution in [3.05, 3.63) is 70.7 Å². The van der Waals surface area contributed by atoms with Crippen molar-refractivity contribution >= 4 is 15.7 Å². The van der Waals surface area contributed by atoms with Crippen LogP contribution in [0, 0.1) is 26.6 Å². The van der Waals surface area contributed by atoms with E-state index in [1.165, 1.54) is 12.1 Å². The van der Waals surface area contributed by atoms with Gasteiger partial charge in [0.2, 0.25) is 5.91 Å². The standard InChI is InChI=1S/C22H23FN2O4S/c1-14-4-7-18(22-15(2)16(3)25-29-22)12-20(14)30(27,28)11-10-21(26)24-13-17-5-8-19(23)9-6-17/h4-9,12H,10-11,13H2,1-3H3,(H,24,26). The van der Waals surface area contributed by atoms with Crippen LogP contribution in [-0.4, -0.2) is 25.2 Å². The number of aryl methyl sites for hydroxylation is 2. The van der Waals surface area contributed by atoms with Gasteiger partial charge in [-0.1, -0.05) is 29.4 Å². The summed E-state index contributed by atoms with van der Waals surface area (Å²) >= 11 is 0. The summed E-state index contributed by atoms with van der Waals surface area (Å²) in [6.45, 7) is 5.60. The van der Waals surface area contributed by atoms with Crippen LogP contribution >= 0.6 is 0 Å². The van der Waals surface area contributed by atoms with Crippen molar-refractivity contribution in [2.24, 2.45) is 0 Å². The molecular formula is C22H23FN2O4S. The molecule has 0 fully saturated rings. The van der Waals surface area contributed by atoms with Crippen LogP contribution in [0.25, 0.3) is 11.3 Å². The average molecular weight is 431 g/mol. The number of hydrogen-bond donors (Lipinski definition) is 1. The highest BCUT2D eigenvalue weighted by Crippen LogP contribution is 2.29. The Morgan fingerprint density at radius 3 is 2.43 bits per heavy atom. The van der Waals surface area contributed by atoms with E-state index in [0.717, 1.165) is 16.8 Å². The summed E-state index contributed by atoms with van der Waals surface area (Å²) in [5.74, 6) is -0.537. The van der Waals surface area contributed by atoms with Crippen LogP contribution in [0.5, 0.6) is 0 Å². The predicted octanol–water partition coefficient (Wildman–Crippen LogP) is 3.89. The van der Waals surface area contributed by atoms with E-state index in [1.807, 2.05) is 13.8 Å². The maximum absolute atomic E-state index is 12.9. The van der Waals surface area contributed by atoms with Gasteiger partial charge in [-0.2, -0.15) is 0 Å². The number of carbonyl (C=O) groups excluding carboxylic acids is 1. The van der Waals surface area contributed by atoms with E-state index < -0.39 is 15.7 Å². The lowest BCUT2D eigenvalue weighted by atomic mass is 10.1. The van der Waals surface area contributed by atoms with Gasteiger partial charge in [0.1, 0.15) is 5.82 Å². The van der Waals surface area contributed by atoms with Gasteiger partial charge < -0.3 is 9.84 Å². The first kappa shape index (κ1) is 21.7. The quantitative estimate of drug-likeness (QED) is 0.614. The van der Waals surface area contributed by atoms with E-state index in [4.69, 9.17) is 4.52 Å². The van der Waals surface area contributed by atoms with Crippen molar-refractivity contribution in [2.75, 3.05) is 5.75 Å². The van der Waals surface area contributed by atoms with Gasteiger partial charge in [0.25, 0.3) is 0 Å². The first-order valence-corrected chi connectivity index (χ1v) is 11.1. The molecule has 0 saturated carbocycles. The monoisotopic (exact) mass is 430 g/mol. The summed E-state index contributed by atoms with van der Waals surface area (Å²) in [6, 6.07) is 10.8. The molecule has 0 aliphatic carbocycles. The zero-order valence-corrected chi connectivity index (χ0v) is 17.8. The maximum Gasteiger partial charge on any atom is 0.221 e. The Balaban J connectivity index is 1.69. The fraction of sp³-hybridized carbons (Fsp3) is 0.273. The third kappa shape index (κ3) is 4.94. The van der Waals surface area contributed by atoms with Crippen LogP contribution in [0.1, 0.15) is 28.8 Å². The molecule has 3 rings (SSSR count). The molecule has 0 aliphatic heterocycles. The molecular weight excluding hydrogens is 407 g/mol. The molecule has 0 bridgehead atoms. The van der Waals surface area contributed by atoms with E-state index >= 15 is 0 Å². The number of aromatic nitrogens is 1. The lowest BCUT2D eigenvalue weighted by Crippen LogP contribution is -2.25. The Labute approximate surface area is 175 Å². The summed E-state index contributed by atoms with van der Waals surface area (Å²) < 4.78 is 44.0. The predicted molar refractivity (Wildman–Crippen MR) is 111 cm³/mol. The number of carbonyl (C=O) groups is 1. The van der Waals surface area contributed by atoms with Crippen LogP contribution in [0.15, 0.2) is 51.9 Å². The molecule has 3 aromatic rings. The third-order valence-corrected chi connectivity index (χ3v) is 6.79. The van der Waals surface area contributed by atoms with Gasteiger partial charge in [0.05, 0.1) is 16.3 Å². The number of benzene rings is 2. The molecule has 30 heavy (non-hydrogen) atoms. The lowest BCUT2D eigenvalue weighted by Gasteiger charge is -2.10. The van der Waals surface area contributed by atoms with Gasteiger partial charge in [0.15, 0.2) is 15.6 Å². The van der Waals surface area contributed by atoms with Gasteiger partial charge in [-0.25, -0.2) is 12.8 Å². The van der Waals surface area contributed by atoms with Crippen LogP contribution in [0.3, 0.4) is 0 Å². The molecule has 1 amide bonds. The van der Waals surface area contributed by atoms with Crippen LogP contribution < -0.4 is 5.32 Å². The summed E-state index contributed by atoms with van der Waals surface area (Å²) in [5, 5.41) is 6.57. The van der Waals surface area contributed by atoms with Crippen molar-refractivity contribution in [1.29, 1.82) is 0 Å². The van der Waals surface area contributed by atoms with Crippen molar-refractivity contribution in [2.45, 2.75) is 38.6 Å². The van der Waals surface area contributed by atoms with Gasteiger partial charge in [-0.3, -0.25) is 4.79 Å². The third-order valence-electron chi connectivity index (χ3n) is 4.94. The Bertz CT molecular complexity index is 1170. The van der Waals surface area contributed by atoms with E-state index in [0.29, 0.717) is 16.9 Å². The van der Waals surface area contributed by atoms with Gasteiger partial charge >= 0.3 is 0 Å². The van der Waals surface area contributed by atoms with Crippen molar-refractivity contribution < 1.29 is 22.1 Å². The average Bonchev–Trinajstić information content (AvgIpc) is 3.05. The van der Waals surface area contributed by atoms with E-state index in [1.54, 1.807) is 37.3 Å². The minimum absolute atomic E-state index is 0.166. The normalized spacial score (nSPS) is 11.5. The van der Waals surface area contributed by atoms with E-state index in [9.17, 15) is 17.6 Å². The van der Waals surface area contributed by atoms with Gasteiger partial charge in [-0.05, 0) is 50.1 Å². The molecule has 0 radical (unpaired) electrons. The second-order valence-electron chi connectivity index (χ2n) is 7.17. The first-order chi connectivity index (χ1) is 14.2. The fourth-order valence-corrected chi connectivity index (χ4v) is 4.53. The molecule has 0 spiro atoms. The highest BCUT2D eigenvalue weighted by Gasteiger charge is 2.21. The molecule has 6 nitrogen and oxygen atoms in total. The first-order valence-electron chi connectivity index (χ1n) is 9.45. The highest BCUT2D eigenvalue weighted by atomic mass is 32.2. The second-order valence-corrected chi connectivity index (χ2v) is 9.25. The fourth-order valence-electron chi connectivity index (χ4n) is 2.99. The number of amides is 1. The Morgan fingerprint density at radius 1 is 1.10 bits per heavy atom. The number of halogens is 1. The maximum atomic E-state index is 12.9. The summed E-state index contributed by atoms with van der Waals surface area (Å²) in [4.78, 5) is 12.3. The van der Waals surface area contributed by atoms with Crippen molar-refractivity contribution in [3.8, 4) is 11.3 Å². The number of nitrogens with zero attached hydrogens (tertiary/aromatic N) is 1. The summed E-state index contributed by atoms with van der Waals surface area (Å²) in [6.07, 6.45) is -0.173. The van der Waals surface area contributed by atoms with Crippen molar-refractivity contribution in [1.82, 2.24) is 10.5 Å². The molecule has 2 aromatic carbocycles. The van der Waals surface area contributed by atoms with Gasteiger partial charge in [0, 0.05) is 24.1 Å². The minimum atomic E-state index is -3.68. The largest absolute Gasteiger partial charge is 0.356 e. The SMILES string of the molecule is Cc1ccc(-c2onc(C)c2C)cc1S(=O)(=O)CCC(=O)NCc1ccc(F)cc1. The Hall–Kier alpha value is -3.00. The van der Waals surface area contributed by atoms with Crippen LogP contribution in [0.4, 0.5) is 4.39 Å². The lowest BCUT2D eigenvalue weighted by molar-refractivity contribution is -0.120. The molecule has 0 aliphatic rings. The number of sulfone groups is 1. The molecule has 1 heterocycles. The van der Waals surface area contributed by atoms with Crippen molar-refractivity contribution in [3.63, 3.8) is 0 Å². The smallest absolute Gasteiger partial charge is 0.221 e. The Kier molecular flexibility index (Phi) is 6.36. The van der Waals surface area contributed by atoms with Gasteiger partial charge in [-0.15, -0.1) is 0 Å². The van der Waals surface area contributed by atoms with E-state index in [-0.39, 0.29) is 29.4 Å². The molecule has 8 heteroatoms.